The summed E-state index contributed by atoms with van der Waals surface area (Å²) in [6.07, 6.45) is 0. The Morgan fingerprint density at radius 1 is 0.880 bits per heavy atom. The summed E-state index contributed by atoms with van der Waals surface area (Å²) in [6.45, 7) is 0. The molecule has 0 aliphatic carbocycles. The van der Waals surface area contributed by atoms with Crippen LogP contribution in [0.1, 0.15) is 10.4 Å². The van der Waals surface area contributed by atoms with Crippen LogP contribution >= 0.6 is 0 Å². The highest BCUT2D eigenvalue weighted by atomic mass is 19.1. The van der Waals surface area contributed by atoms with Gasteiger partial charge >= 0.3 is 0 Å². The van der Waals surface area contributed by atoms with E-state index >= 15 is 0 Å². The highest BCUT2D eigenvalue weighted by Crippen LogP contribution is 2.28. The summed E-state index contributed by atoms with van der Waals surface area (Å²) in [5, 5.41) is 2.49. The van der Waals surface area contributed by atoms with E-state index in [-0.39, 0.29) is 5.91 Å². The van der Waals surface area contributed by atoms with Crippen molar-refractivity contribution in [1.82, 2.24) is 5.32 Å². The smallest absolute Gasteiger partial charge is 0.251 e. The third-order valence-corrected chi connectivity index (χ3v) is 4.08. The standard InChI is InChI=1S/C21H18FNO2/c1-23-21(24)17-9-12-19(20(22)13-17)16-5-3-14(4-6-16)15-7-10-18(25-2)11-8-15/h3-13H,1-2H3,(H,23,24). The Morgan fingerprint density at radius 3 is 1.96 bits per heavy atom. The molecule has 0 unspecified atom stereocenters. The molecule has 25 heavy (non-hydrogen) atoms. The van der Waals surface area contributed by atoms with Crippen molar-refractivity contribution in [1.29, 1.82) is 0 Å². The van der Waals surface area contributed by atoms with E-state index in [0.717, 1.165) is 22.4 Å². The fraction of sp³-hybridized carbons (Fsp3) is 0.0952. The number of nitrogens with one attached hydrogen (secondary N) is 1. The Morgan fingerprint density at radius 2 is 1.44 bits per heavy atom. The molecule has 0 heterocycles. The summed E-state index contributed by atoms with van der Waals surface area (Å²) in [4.78, 5) is 11.6. The number of benzene rings is 3. The predicted molar refractivity (Wildman–Crippen MR) is 97.2 cm³/mol. The van der Waals surface area contributed by atoms with Crippen LogP contribution in [-0.2, 0) is 0 Å². The van der Waals surface area contributed by atoms with E-state index in [1.165, 1.54) is 13.1 Å². The molecule has 3 aromatic carbocycles. The molecule has 3 aromatic rings. The molecule has 0 spiro atoms. The lowest BCUT2D eigenvalue weighted by Gasteiger charge is -2.08. The zero-order valence-electron chi connectivity index (χ0n) is 14.0. The van der Waals surface area contributed by atoms with Gasteiger partial charge in [-0.05, 0) is 41.0 Å². The normalized spacial score (nSPS) is 10.4. The first-order valence-electron chi connectivity index (χ1n) is 7.89. The number of halogens is 1. The van der Waals surface area contributed by atoms with Crippen LogP contribution in [0.4, 0.5) is 4.39 Å². The van der Waals surface area contributed by atoms with Gasteiger partial charge in [-0.25, -0.2) is 4.39 Å². The lowest BCUT2D eigenvalue weighted by atomic mass is 9.99. The third kappa shape index (κ3) is 3.53. The number of carbonyl (C=O) groups is 1. The van der Waals surface area contributed by atoms with E-state index in [0.29, 0.717) is 11.1 Å². The molecule has 126 valence electrons. The SMILES string of the molecule is CNC(=O)c1ccc(-c2ccc(-c3ccc(OC)cc3)cc2)c(F)c1. The minimum atomic E-state index is -0.418. The maximum atomic E-state index is 14.3. The Balaban J connectivity index is 1.88. The van der Waals surface area contributed by atoms with Crippen molar-refractivity contribution >= 4 is 5.91 Å². The Labute approximate surface area is 146 Å². The summed E-state index contributed by atoms with van der Waals surface area (Å²) in [7, 11) is 3.15. The largest absolute Gasteiger partial charge is 0.497 e. The predicted octanol–water partition coefficient (Wildman–Crippen LogP) is 4.53. The van der Waals surface area contributed by atoms with Crippen LogP contribution < -0.4 is 10.1 Å². The average Bonchev–Trinajstić information content (AvgIpc) is 2.67. The number of carbonyl (C=O) groups excluding carboxylic acids is 1. The summed E-state index contributed by atoms with van der Waals surface area (Å²) < 4.78 is 19.5. The maximum Gasteiger partial charge on any atom is 0.251 e. The first-order valence-corrected chi connectivity index (χ1v) is 7.89. The Bertz CT molecular complexity index is 887. The molecule has 0 aromatic heterocycles. The fourth-order valence-corrected chi connectivity index (χ4v) is 2.66. The second-order valence-electron chi connectivity index (χ2n) is 5.58. The summed E-state index contributed by atoms with van der Waals surface area (Å²) >= 11 is 0. The number of rotatable bonds is 4. The van der Waals surface area contributed by atoms with Gasteiger partial charge in [-0.1, -0.05) is 42.5 Å². The summed E-state index contributed by atoms with van der Waals surface area (Å²) in [5.74, 6) is 0.0808. The molecule has 4 heteroatoms. The van der Waals surface area contributed by atoms with Gasteiger partial charge in [0.15, 0.2) is 0 Å². The molecule has 0 fully saturated rings. The Kier molecular flexibility index (Phi) is 4.80. The van der Waals surface area contributed by atoms with Gasteiger partial charge in [-0.3, -0.25) is 4.79 Å². The van der Waals surface area contributed by atoms with Gasteiger partial charge in [0, 0.05) is 18.2 Å². The minimum absolute atomic E-state index is 0.304. The van der Waals surface area contributed by atoms with Crippen molar-refractivity contribution in [2.45, 2.75) is 0 Å². The fourth-order valence-electron chi connectivity index (χ4n) is 2.66. The number of hydrogen-bond donors (Lipinski definition) is 1. The molecule has 0 aliphatic rings. The number of hydrogen-bond acceptors (Lipinski definition) is 2. The van der Waals surface area contributed by atoms with Crippen molar-refractivity contribution in [3.63, 3.8) is 0 Å². The summed E-state index contributed by atoms with van der Waals surface area (Å²) in [6, 6.07) is 19.9. The summed E-state index contributed by atoms with van der Waals surface area (Å²) in [5.41, 5.74) is 3.63. The van der Waals surface area contributed by atoms with Crippen LogP contribution in [0.15, 0.2) is 66.7 Å². The molecule has 0 aliphatic heterocycles. The number of ether oxygens (including phenoxy) is 1. The van der Waals surface area contributed by atoms with Crippen molar-refractivity contribution in [2.24, 2.45) is 0 Å². The topological polar surface area (TPSA) is 38.3 Å². The second kappa shape index (κ2) is 7.18. The molecule has 0 atom stereocenters. The van der Waals surface area contributed by atoms with E-state index < -0.39 is 5.82 Å². The molecule has 3 nitrogen and oxygen atoms in total. The second-order valence-corrected chi connectivity index (χ2v) is 5.58. The molecule has 0 saturated carbocycles. The van der Waals surface area contributed by atoms with Crippen molar-refractivity contribution in [3.8, 4) is 28.0 Å². The lowest BCUT2D eigenvalue weighted by molar-refractivity contribution is 0.0962. The van der Waals surface area contributed by atoms with E-state index in [1.807, 2.05) is 48.5 Å². The molecule has 1 amide bonds. The van der Waals surface area contributed by atoms with Gasteiger partial charge in [0.1, 0.15) is 11.6 Å². The Hall–Kier alpha value is -3.14. The van der Waals surface area contributed by atoms with Crippen LogP contribution in [0.25, 0.3) is 22.3 Å². The van der Waals surface area contributed by atoms with Gasteiger partial charge < -0.3 is 10.1 Å². The van der Waals surface area contributed by atoms with E-state index in [9.17, 15) is 9.18 Å². The molecule has 3 rings (SSSR count). The van der Waals surface area contributed by atoms with Crippen LogP contribution in [0, 0.1) is 5.82 Å². The molecular weight excluding hydrogens is 317 g/mol. The monoisotopic (exact) mass is 335 g/mol. The van der Waals surface area contributed by atoms with E-state index in [2.05, 4.69) is 5.32 Å². The van der Waals surface area contributed by atoms with Crippen molar-refractivity contribution in [3.05, 3.63) is 78.1 Å². The first kappa shape index (κ1) is 16.7. The molecule has 0 bridgehead atoms. The number of methoxy groups -OCH3 is 1. The van der Waals surface area contributed by atoms with Gasteiger partial charge in [0.25, 0.3) is 5.91 Å². The molecular formula is C21H18FNO2. The third-order valence-electron chi connectivity index (χ3n) is 4.08. The molecule has 0 radical (unpaired) electrons. The van der Waals surface area contributed by atoms with Gasteiger partial charge in [0.2, 0.25) is 0 Å². The quantitative estimate of drug-likeness (QED) is 0.761. The minimum Gasteiger partial charge on any atom is -0.497 e. The first-order chi connectivity index (χ1) is 12.1. The maximum absolute atomic E-state index is 14.3. The van der Waals surface area contributed by atoms with Crippen molar-refractivity contribution in [2.75, 3.05) is 14.2 Å². The highest BCUT2D eigenvalue weighted by Gasteiger charge is 2.10. The van der Waals surface area contributed by atoms with E-state index in [1.54, 1.807) is 19.2 Å². The van der Waals surface area contributed by atoms with Crippen LogP contribution in [0.2, 0.25) is 0 Å². The highest BCUT2D eigenvalue weighted by molar-refractivity contribution is 5.94. The van der Waals surface area contributed by atoms with Gasteiger partial charge in [0.05, 0.1) is 7.11 Å². The zero-order valence-corrected chi connectivity index (χ0v) is 14.0. The van der Waals surface area contributed by atoms with Crippen LogP contribution in [0.3, 0.4) is 0 Å². The van der Waals surface area contributed by atoms with Crippen molar-refractivity contribution < 1.29 is 13.9 Å². The number of amides is 1. The van der Waals surface area contributed by atoms with Crippen LogP contribution in [0.5, 0.6) is 5.75 Å². The molecule has 0 saturated heterocycles. The van der Waals surface area contributed by atoms with Gasteiger partial charge in [-0.2, -0.15) is 0 Å². The van der Waals surface area contributed by atoms with Crippen LogP contribution in [-0.4, -0.2) is 20.1 Å². The lowest BCUT2D eigenvalue weighted by Crippen LogP contribution is -2.17. The van der Waals surface area contributed by atoms with E-state index in [4.69, 9.17) is 4.74 Å². The van der Waals surface area contributed by atoms with Gasteiger partial charge in [-0.15, -0.1) is 0 Å². The zero-order chi connectivity index (χ0) is 17.8. The molecule has 1 N–H and O–H groups in total. The average molecular weight is 335 g/mol.